The van der Waals surface area contributed by atoms with Gasteiger partial charge in [0.25, 0.3) is 5.56 Å². The molecule has 0 aromatic carbocycles. The van der Waals surface area contributed by atoms with Crippen LogP contribution in [0.2, 0.25) is 0 Å². The predicted molar refractivity (Wildman–Crippen MR) is 79.1 cm³/mol. The number of hydrogen-bond acceptors (Lipinski definition) is 4. The van der Waals surface area contributed by atoms with Gasteiger partial charge in [-0.3, -0.25) is 9.20 Å². The van der Waals surface area contributed by atoms with Crippen molar-refractivity contribution in [1.82, 2.24) is 18.9 Å². The van der Waals surface area contributed by atoms with Crippen molar-refractivity contribution in [2.45, 2.75) is 19.6 Å². The van der Waals surface area contributed by atoms with Crippen LogP contribution < -0.4 is 10.3 Å². The van der Waals surface area contributed by atoms with Crippen molar-refractivity contribution in [1.29, 1.82) is 0 Å². The molecule has 0 saturated carbocycles. The zero-order valence-corrected chi connectivity index (χ0v) is 12.6. The number of aromatic nitrogens is 4. The van der Waals surface area contributed by atoms with E-state index in [1.54, 1.807) is 34.4 Å². The predicted octanol–water partition coefficient (Wildman–Crippen LogP) is 2.19. The minimum atomic E-state index is -4.40. The van der Waals surface area contributed by atoms with Gasteiger partial charge in [0.05, 0.1) is 6.54 Å². The lowest BCUT2D eigenvalue weighted by atomic mass is 10.3. The summed E-state index contributed by atoms with van der Waals surface area (Å²) in [5.74, 6) is 0.385. The molecule has 0 aliphatic rings. The molecule has 0 aliphatic carbocycles. The molecular formula is C15H13F3N4O2. The third-order valence-corrected chi connectivity index (χ3v) is 3.32. The van der Waals surface area contributed by atoms with Gasteiger partial charge in [0, 0.05) is 36.4 Å². The smallest absolute Gasteiger partial charge is 0.422 e. The Hall–Kier alpha value is -2.84. The Morgan fingerprint density at radius 2 is 2.04 bits per heavy atom. The molecule has 3 aromatic rings. The molecule has 0 amide bonds. The fraction of sp³-hybridized carbons (Fsp3) is 0.267. The fourth-order valence-electron chi connectivity index (χ4n) is 2.26. The van der Waals surface area contributed by atoms with Gasteiger partial charge in [-0.1, -0.05) is 6.07 Å². The van der Waals surface area contributed by atoms with Gasteiger partial charge in [-0.2, -0.15) is 18.2 Å². The Morgan fingerprint density at radius 3 is 2.71 bits per heavy atom. The van der Waals surface area contributed by atoms with Crippen LogP contribution in [-0.4, -0.2) is 31.7 Å². The van der Waals surface area contributed by atoms with Gasteiger partial charge >= 0.3 is 6.18 Å². The zero-order valence-electron chi connectivity index (χ0n) is 12.6. The lowest BCUT2D eigenvalue weighted by Crippen LogP contribution is -2.19. The monoisotopic (exact) mass is 338 g/mol. The van der Waals surface area contributed by atoms with Gasteiger partial charge in [0.15, 0.2) is 6.61 Å². The van der Waals surface area contributed by atoms with E-state index in [0.717, 1.165) is 11.3 Å². The molecule has 3 aromatic heterocycles. The quantitative estimate of drug-likeness (QED) is 0.732. The van der Waals surface area contributed by atoms with Gasteiger partial charge < -0.3 is 9.30 Å². The van der Waals surface area contributed by atoms with Crippen molar-refractivity contribution in [3.63, 3.8) is 0 Å². The molecule has 3 heterocycles. The van der Waals surface area contributed by atoms with Gasteiger partial charge in [-0.15, -0.1) is 0 Å². The second kappa shape index (κ2) is 5.99. The van der Waals surface area contributed by atoms with Crippen LogP contribution in [0.4, 0.5) is 13.2 Å². The highest BCUT2D eigenvalue weighted by molar-refractivity contribution is 5.33. The van der Waals surface area contributed by atoms with Crippen LogP contribution in [0.1, 0.15) is 11.3 Å². The minimum absolute atomic E-state index is 0.0985. The van der Waals surface area contributed by atoms with Gasteiger partial charge in [-0.25, -0.2) is 4.98 Å². The molecular weight excluding hydrogens is 325 g/mol. The topological polar surface area (TPSA) is 61.4 Å². The molecule has 0 atom stereocenters. The fourth-order valence-corrected chi connectivity index (χ4v) is 2.26. The third-order valence-electron chi connectivity index (χ3n) is 3.32. The largest absolute Gasteiger partial charge is 0.468 e. The van der Waals surface area contributed by atoms with Crippen molar-refractivity contribution in [2.24, 2.45) is 0 Å². The Bertz CT molecular complexity index is 913. The highest BCUT2D eigenvalue weighted by atomic mass is 19.4. The average Bonchev–Trinajstić information content (AvgIpc) is 2.89. The first-order valence-corrected chi connectivity index (χ1v) is 7.01. The summed E-state index contributed by atoms with van der Waals surface area (Å²) in [6, 6.07) is 4.42. The summed E-state index contributed by atoms with van der Waals surface area (Å²) in [5, 5.41) is 0. The van der Waals surface area contributed by atoms with Crippen LogP contribution in [0.25, 0.3) is 5.78 Å². The first kappa shape index (κ1) is 16.0. The van der Waals surface area contributed by atoms with Gasteiger partial charge in [0.1, 0.15) is 0 Å². The number of pyridine rings is 1. The summed E-state index contributed by atoms with van der Waals surface area (Å²) in [6.45, 7) is 0.793. The van der Waals surface area contributed by atoms with Crippen molar-refractivity contribution in [2.75, 3.05) is 6.61 Å². The molecule has 6 nitrogen and oxygen atoms in total. The van der Waals surface area contributed by atoms with Crippen LogP contribution in [0.5, 0.6) is 5.88 Å². The number of hydrogen-bond donors (Lipinski definition) is 0. The molecule has 9 heteroatoms. The maximum atomic E-state index is 12.1. The zero-order chi connectivity index (χ0) is 17.3. The van der Waals surface area contributed by atoms with Crippen LogP contribution in [0.3, 0.4) is 0 Å². The number of halogens is 3. The van der Waals surface area contributed by atoms with E-state index in [0.29, 0.717) is 12.3 Å². The molecule has 0 radical (unpaired) electrons. The average molecular weight is 338 g/mol. The molecule has 126 valence electrons. The summed E-state index contributed by atoms with van der Waals surface area (Å²) in [5.41, 5.74) is 1.17. The molecule has 0 unspecified atom stereocenters. The highest BCUT2D eigenvalue weighted by Crippen LogP contribution is 2.17. The van der Waals surface area contributed by atoms with Crippen LogP contribution in [-0.2, 0) is 6.54 Å². The number of ether oxygens (including phenoxy) is 1. The van der Waals surface area contributed by atoms with Crippen molar-refractivity contribution in [3.8, 4) is 5.88 Å². The summed E-state index contributed by atoms with van der Waals surface area (Å²) in [4.78, 5) is 19.4. The minimum Gasteiger partial charge on any atom is -0.468 e. The summed E-state index contributed by atoms with van der Waals surface area (Å²) < 4.78 is 44.4. The summed E-state index contributed by atoms with van der Waals surface area (Å²) in [7, 11) is 0. The normalized spacial score (nSPS) is 11.8. The SMILES string of the molecule is Cc1cc(=O)nc2n(Cc3ccc(OCC(F)(F)F)nc3)ccn12. The molecule has 0 spiro atoms. The molecule has 0 fully saturated rings. The lowest BCUT2D eigenvalue weighted by molar-refractivity contribution is -0.154. The maximum absolute atomic E-state index is 12.1. The summed E-state index contributed by atoms with van der Waals surface area (Å²) in [6.07, 6.45) is 0.575. The molecule has 0 saturated heterocycles. The Labute approximate surface area is 134 Å². The number of fused-ring (bicyclic) bond motifs is 1. The van der Waals surface area contributed by atoms with E-state index in [1.165, 1.54) is 18.3 Å². The molecule has 0 N–H and O–H groups in total. The molecule has 0 bridgehead atoms. The maximum Gasteiger partial charge on any atom is 0.422 e. The van der Waals surface area contributed by atoms with E-state index in [1.807, 2.05) is 0 Å². The van der Waals surface area contributed by atoms with Crippen molar-refractivity contribution in [3.05, 3.63) is 58.4 Å². The molecule has 0 aliphatic heterocycles. The number of imidazole rings is 1. The number of nitrogens with zero attached hydrogens (tertiary/aromatic N) is 4. The Balaban J connectivity index is 1.78. The molecule has 24 heavy (non-hydrogen) atoms. The van der Waals surface area contributed by atoms with Crippen molar-refractivity contribution >= 4 is 5.78 Å². The standard InChI is InChI=1S/C15H13F3N4O2/c1-10-6-12(23)20-14-21(4-5-22(10)14)8-11-2-3-13(19-7-11)24-9-15(16,17)18/h2-7H,8-9H2,1H3. The number of rotatable bonds is 4. The van der Waals surface area contributed by atoms with E-state index in [4.69, 9.17) is 0 Å². The van der Waals surface area contributed by atoms with E-state index in [-0.39, 0.29) is 11.4 Å². The second-order valence-corrected chi connectivity index (χ2v) is 5.24. The van der Waals surface area contributed by atoms with Gasteiger partial charge in [0.2, 0.25) is 11.7 Å². The molecule has 3 rings (SSSR count). The van der Waals surface area contributed by atoms with Crippen LogP contribution >= 0.6 is 0 Å². The van der Waals surface area contributed by atoms with E-state index in [2.05, 4.69) is 14.7 Å². The van der Waals surface area contributed by atoms with E-state index < -0.39 is 12.8 Å². The van der Waals surface area contributed by atoms with Gasteiger partial charge in [-0.05, 0) is 12.5 Å². The summed E-state index contributed by atoms with van der Waals surface area (Å²) >= 11 is 0. The van der Waals surface area contributed by atoms with Crippen LogP contribution in [0.15, 0.2) is 41.6 Å². The Kier molecular flexibility index (Phi) is 4.00. The number of alkyl halides is 3. The van der Waals surface area contributed by atoms with Crippen molar-refractivity contribution < 1.29 is 17.9 Å². The first-order chi connectivity index (χ1) is 11.3. The van der Waals surface area contributed by atoms with Crippen LogP contribution in [0, 0.1) is 6.92 Å². The lowest BCUT2D eigenvalue weighted by Gasteiger charge is -2.09. The first-order valence-electron chi connectivity index (χ1n) is 7.01. The number of aryl methyl sites for hydroxylation is 1. The highest BCUT2D eigenvalue weighted by Gasteiger charge is 2.28. The van der Waals surface area contributed by atoms with E-state index >= 15 is 0 Å². The van der Waals surface area contributed by atoms with E-state index in [9.17, 15) is 18.0 Å². The third kappa shape index (κ3) is 3.55. The Morgan fingerprint density at radius 1 is 1.25 bits per heavy atom. The second-order valence-electron chi connectivity index (χ2n) is 5.24.